The molecule has 0 bridgehead atoms. The van der Waals surface area contributed by atoms with Crippen molar-refractivity contribution in [2.24, 2.45) is 5.92 Å². The zero-order chi connectivity index (χ0) is 12.3. The summed E-state index contributed by atoms with van der Waals surface area (Å²) in [5, 5.41) is 3.26. The third-order valence-electron chi connectivity index (χ3n) is 4.12. The molecule has 1 saturated heterocycles. The first kappa shape index (κ1) is 13.5. The molecule has 4 heteroatoms. The molecule has 3 unspecified atom stereocenters. The number of carbonyl (C=O) groups excluding carboxylic acids is 1. The van der Waals surface area contributed by atoms with Gasteiger partial charge in [-0.05, 0) is 44.3 Å². The van der Waals surface area contributed by atoms with Crippen LogP contribution in [0.1, 0.15) is 45.4 Å². The summed E-state index contributed by atoms with van der Waals surface area (Å²) in [6.45, 7) is 2.08. The maximum atomic E-state index is 12.3. The quantitative estimate of drug-likeness (QED) is 0.802. The Hall–Kier alpha value is 0.110. The highest BCUT2D eigenvalue weighted by Crippen LogP contribution is 2.38. The van der Waals surface area contributed by atoms with E-state index >= 15 is 0 Å². The Bertz CT molecular complexity index is 279. The van der Waals surface area contributed by atoms with Gasteiger partial charge in [0.2, 0.25) is 5.91 Å². The number of amides is 1. The molecule has 2 fully saturated rings. The number of carbonyl (C=O) groups is 1. The Morgan fingerprint density at radius 3 is 2.82 bits per heavy atom. The van der Waals surface area contributed by atoms with Gasteiger partial charge in [0.15, 0.2) is 0 Å². The molecular weight excluding hydrogens is 254 g/mol. The molecule has 17 heavy (non-hydrogen) atoms. The molecule has 2 rings (SSSR count). The van der Waals surface area contributed by atoms with Gasteiger partial charge in [-0.15, -0.1) is 23.4 Å². The summed E-state index contributed by atoms with van der Waals surface area (Å²) in [4.78, 5) is 12.3. The van der Waals surface area contributed by atoms with Crippen molar-refractivity contribution in [3.63, 3.8) is 0 Å². The highest BCUT2D eigenvalue weighted by atomic mass is 35.5. The van der Waals surface area contributed by atoms with E-state index in [2.05, 4.69) is 12.2 Å². The van der Waals surface area contributed by atoms with Crippen molar-refractivity contribution in [1.82, 2.24) is 5.32 Å². The van der Waals surface area contributed by atoms with E-state index in [4.69, 9.17) is 11.6 Å². The largest absolute Gasteiger partial charge is 0.352 e. The smallest absolute Gasteiger partial charge is 0.236 e. The summed E-state index contributed by atoms with van der Waals surface area (Å²) in [5.41, 5.74) is 0. The normalized spacial score (nSPS) is 38.0. The first-order valence-corrected chi connectivity index (χ1v) is 8.18. The lowest BCUT2D eigenvalue weighted by molar-refractivity contribution is -0.124. The van der Waals surface area contributed by atoms with Crippen LogP contribution in [0.3, 0.4) is 0 Å². The molecule has 2 aliphatic rings. The van der Waals surface area contributed by atoms with E-state index in [1.165, 1.54) is 12.8 Å². The SMILES string of the molecule is CC1(C(=O)NC2CCCCC2CCl)CCCS1. The van der Waals surface area contributed by atoms with Gasteiger partial charge in [-0.2, -0.15) is 0 Å². The van der Waals surface area contributed by atoms with E-state index in [-0.39, 0.29) is 10.7 Å². The zero-order valence-corrected chi connectivity index (χ0v) is 12.1. The topological polar surface area (TPSA) is 29.1 Å². The molecule has 0 aromatic heterocycles. The molecule has 0 spiro atoms. The Labute approximate surface area is 113 Å². The molecule has 1 saturated carbocycles. The number of thioether (sulfide) groups is 1. The lowest BCUT2D eigenvalue weighted by atomic mass is 9.85. The number of hydrogen-bond donors (Lipinski definition) is 1. The molecule has 0 radical (unpaired) electrons. The van der Waals surface area contributed by atoms with Crippen LogP contribution in [0.2, 0.25) is 0 Å². The second-order valence-electron chi connectivity index (χ2n) is 5.46. The van der Waals surface area contributed by atoms with Crippen LogP contribution in [0.4, 0.5) is 0 Å². The molecule has 0 aromatic rings. The summed E-state index contributed by atoms with van der Waals surface area (Å²) in [7, 11) is 0. The van der Waals surface area contributed by atoms with Crippen LogP contribution < -0.4 is 5.32 Å². The van der Waals surface area contributed by atoms with Gasteiger partial charge in [0.25, 0.3) is 0 Å². The predicted octanol–water partition coefficient (Wildman–Crippen LogP) is 3.19. The molecule has 2 nitrogen and oxygen atoms in total. The van der Waals surface area contributed by atoms with E-state index in [1.54, 1.807) is 11.8 Å². The van der Waals surface area contributed by atoms with Crippen molar-refractivity contribution < 1.29 is 4.79 Å². The van der Waals surface area contributed by atoms with Crippen LogP contribution in [0.25, 0.3) is 0 Å². The highest BCUT2D eigenvalue weighted by Gasteiger charge is 2.39. The fourth-order valence-electron chi connectivity index (χ4n) is 2.86. The Morgan fingerprint density at radius 1 is 1.41 bits per heavy atom. The number of hydrogen-bond acceptors (Lipinski definition) is 2. The number of halogens is 1. The van der Waals surface area contributed by atoms with Gasteiger partial charge in [-0.1, -0.05) is 12.8 Å². The van der Waals surface area contributed by atoms with Gasteiger partial charge in [0.1, 0.15) is 0 Å². The molecule has 1 amide bonds. The monoisotopic (exact) mass is 275 g/mol. The summed E-state index contributed by atoms with van der Waals surface area (Å²) < 4.78 is -0.186. The van der Waals surface area contributed by atoms with E-state index < -0.39 is 0 Å². The van der Waals surface area contributed by atoms with Crippen LogP contribution in [-0.4, -0.2) is 28.3 Å². The first-order chi connectivity index (χ1) is 8.15. The second-order valence-corrected chi connectivity index (χ2v) is 7.37. The fourth-order valence-corrected chi connectivity index (χ4v) is 4.45. The van der Waals surface area contributed by atoms with Crippen LogP contribution in [0.5, 0.6) is 0 Å². The Balaban J connectivity index is 1.92. The minimum absolute atomic E-state index is 0.186. The molecule has 98 valence electrons. The van der Waals surface area contributed by atoms with Crippen LogP contribution in [0, 0.1) is 5.92 Å². The molecule has 1 aliphatic heterocycles. The van der Waals surface area contributed by atoms with Gasteiger partial charge >= 0.3 is 0 Å². The maximum Gasteiger partial charge on any atom is 0.236 e. The van der Waals surface area contributed by atoms with Crippen molar-refractivity contribution >= 4 is 29.3 Å². The highest BCUT2D eigenvalue weighted by molar-refractivity contribution is 8.01. The lowest BCUT2D eigenvalue weighted by Crippen LogP contribution is -2.49. The van der Waals surface area contributed by atoms with Gasteiger partial charge in [-0.3, -0.25) is 4.79 Å². The summed E-state index contributed by atoms with van der Waals surface area (Å²) in [6.07, 6.45) is 6.93. The van der Waals surface area contributed by atoms with Crippen LogP contribution in [0.15, 0.2) is 0 Å². The average molecular weight is 276 g/mol. The number of nitrogens with one attached hydrogen (secondary N) is 1. The van der Waals surface area contributed by atoms with Gasteiger partial charge in [-0.25, -0.2) is 0 Å². The first-order valence-electron chi connectivity index (χ1n) is 6.66. The van der Waals surface area contributed by atoms with E-state index in [0.717, 1.165) is 31.4 Å². The zero-order valence-electron chi connectivity index (χ0n) is 10.5. The predicted molar refractivity (Wildman–Crippen MR) is 74.7 cm³/mol. The number of alkyl halides is 1. The van der Waals surface area contributed by atoms with E-state index in [1.807, 2.05) is 0 Å². The van der Waals surface area contributed by atoms with Crippen molar-refractivity contribution in [2.45, 2.75) is 56.2 Å². The van der Waals surface area contributed by atoms with Gasteiger partial charge in [0, 0.05) is 11.9 Å². The minimum Gasteiger partial charge on any atom is -0.352 e. The summed E-state index contributed by atoms with van der Waals surface area (Å²) in [5.74, 6) is 2.51. The number of rotatable bonds is 3. The van der Waals surface area contributed by atoms with Gasteiger partial charge < -0.3 is 5.32 Å². The molecule has 1 aliphatic carbocycles. The van der Waals surface area contributed by atoms with Crippen molar-refractivity contribution in [1.29, 1.82) is 0 Å². The maximum absolute atomic E-state index is 12.3. The van der Waals surface area contributed by atoms with Crippen LogP contribution >= 0.6 is 23.4 Å². The lowest BCUT2D eigenvalue weighted by Gasteiger charge is -2.33. The molecule has 1 heterocycles. The van der Waals surface area contributed by atoms with Crippen molar-refractivity contribution in [3.8, 4) is 0 Å². The minimum atomic E-state index is -0.186. The van der Waals surface area contributed by atoms with Crippen molar-refractivity contribution in [2.75, 3.05) is 11.6 Å². The third-order valence-corrected chi connectivity index (χ3v) is 6.04. The Kier molecular flexibility index (Phi) is 4.65. The fraction of sp³-hybridized carbons (Fsp3) is 0.923. The standard InChI is InChI=1S/C13H22ClNOS/c1-13(7-4-8-17-13)12(16)15-11-6-3-2-5-10(11)9-14/h10-11H,2-9H2,1H3,(H,15,16). The third kappa shape index (κ3) is 3.11. The Morgan fingerprint density at radius 2 is 2.18 bits per heavy atom. The summed E-state index contributed by atoms with van der Waals surface area (Å²) in [6, 6.07) is 0.312. The average Bonchev–Trinajstić information content (AvgIpc) is 2.78. The molecule has 1 N–H and O–H groups in total. The molecular formula is C13H22ClNOS. The summed E-state index contributed by atoms with van der Waals surface area (Å²) >= 11 is 7.80. The molecule has 0 aromatic carbocycles. The van der Waals surface area contributed by atoms with E-state index in [0.29, 0.717) is 17.8 Å². The van der Waals surface area contributed by atoms with E-state index in [9.17, 15) is 4.79 Å². The second kappa shape index (κ2) is 5.83. The van der Waals surface area contributed by atoms with Crippen molar-refractivity contribution in [3.05, 3.63) is 0 Å². The van der Waals surface area contributed by atoms with Gasteiger partial charge in [0.05, 0.1) is 4.75 Å². The molecule has 3 atom stereocenters. The van der Waals surface area contributed by atoms with Crippen LogP contribution in [-0.2, 0) is 4.79 Å².